The molecule has 0 fully saturated rings. The predicted molar refractivity (Wildman–Crippen MR) is 118 cm³/mol. The smallest absolute Gasteiger partial charge is 0.355 e. The first-order valence-corrected chi connectivity index (χ1v) is 10.4. The van der Waals surface area contributed by atoms with E-state index in [2.05, 4.69) is 25.6 Å². The lowest BCUT2D eigenvalue weighted by molar-refractivity contribution is -0.118. The van der Waals surface area contributed by atoms with Crippen LogP contribution in [0.25, 0.3) is 0 Å². The lowest BCUT2D eigenvalue weighted by Crippen LogP contribution is -2.39. The van der Waals surface area contributed by atoms with Gasteiger partial charge in [0, 0.05) is 25.3 Å². The maximum atomic E-state index is 13.3. The molecule has 0 saturated carbocycles. The molecule has 2 amide bonds. The molecule has 33 heavy (non-hydrogen) atoms. The third-order valence-corrected chi connectivity index (χ3v) is 5.84. The average molecular weight is 477 g/mol. The minimum atomic E-state index is -4.63. The Kier molecular flexibility index (Phi) is 5.66. The molecular formula is C20H18F3N7O2S. The molecule has 9 nitrogen and oxygen atoms in total. The summed E-state index contributed by atoms with van der Waals surface area (Å²) in [6.45, 7) is 0.171. The topological polar surface area (TPSA) is 103 Å². The van der Waals surface area contributed by atoms with Gasteiger partial charge in [-0.25, -0.2) is 9.97 Å². The van der Waals surface area contributed by atoms with Crippen molar-refractivity contribution < 1.29 is 22.8 Å². The second kappa shape index (κ2) is 8.31. The van der Waals surface area contributed by atoms with Crippen molar-refractivity contribution in [3.8, 4) is 0 Å². The van der Waals surface area contributed by atoms with Gasteiger partial charge in [-0.05, 0) is 31.2 Å². The van der Waals surface area contributed by atoms with Crippen molar-refractivity contribution in [1.29, 1.82) is 0 Å². The van der Waals surface area contributed by atoms with E-state index in [9.17, 15) is 22.8 Å². The minimum absolute atomic E-state index is 0.0680. The van der Waals surface area contributed by atoms with Gasteiger partial charge < -0.3 is 15.5 Å². The quantitative estimate of drug-likeness (QED) is 0.591. The average Bonchev–Trinajstić information content (AvgIpc) is 3.15. The van der Waals surface area contributed by atoms with Gasteiger partial charge >= 0.3 is 6.18 Å². The summed E-state index contributed by atoms with van der Waals surface area (Å²) in [6, 6.07) is 6.50. The fraction of sp³-hybridized carbons (Fsp3) is 0.250. The number of carbonyl (C=O) groups is 2. The number of amides is 2. The lowest BCUT2D eigenvalue weighted by atomic mass is 10.2. The van der Waals surface area contributed by atoms with Crippen LogP contribution in [-0.2, 0) is 0 Å². The van der Waals surface area contributed by atoms with Crippen LogP contribution in [0.15, 0.2) is 30.5 Å². The standard InChI is InChI=1S/C20H18F3N7O2S/c1-10-26-14-17(32)30(9-20(21,22)23)13-8-25-19(28-15(13)29(3)18(14)33-10)27-12-6-4-11(5-7-12)16(31)24-2/h4-8H,9H2,1-3H3,(H,24,31)(H,25,27,28). The van der Waals surface area contributed by atoms with Crippen molar-refractivity contribution in [2.75, 3.05) is 35.8 Å². The second-order valence-corrected chi connectivity index (χ2v) is 8.32. The highest BCUT2D eigenvalue weighted by Crippen LogP contribution is 2.42. The van der Waals surface area contributed by atoms with Crippen LogP contribution in [-0.4, -0.2) is 53.6 Å². The molecule has 0 aliphatic carbocycles. The molecule has 0 saturated heterocycles. The Balaban J connectivity index is 1.74. The van der Waals surface area contributed by atoms with E-state index in [1.165, 1.54) is 29.5 Å². The van der Waals surface area contributed by atoms with Crippen molar-refractivity contribution in [2.24, 2.45) is 0 Å². The molecule has 172 valence electrons. The summed E-state index contributed by atoms with van der Waals surface area (Å²) in [6.07, 6.45) is -3.46. The van der Waals surface area contributed by atoms with Gasteiger partial charge in [-0.3, -0.25) is 14.5 Å². The SMILES string of the molecule is CNC(=O)c1ccc(Nc2ncc3c(n2)N(C)c2sc(C)nc2C(=O)N3CC(F)(F)F)cc1. The van der Waals surface area contributed by atoms with Crippen LogP contribution in [0.4, 0.5) is 41.3 Å². The summed E-state index contributed by atoms with van der Waals surface area (Å²) in [5.74, 6) is -0.882. The summed E-state index contributed by atoms with van der Waals surface area (Å²) in [4.78, 5) is 39.4. The van der Waals surface area contributed by atoms with Crippen molar-refractivity contribution in [3.63, 3.8) is 0 Å². The first kappa shape index (κ1) is 22.5. The van der Waals surface area contributed by atoms with Crippen molar-refractivity contribution in [1.82, 2.24) is 20.3 Å². The van der Waals surface area contributed by atoms with Crippen LogP contribution in [0.2, 0.25) is 0 Å². The number of hydrogen-bond donors (Lipinski definition) is 2. The van der Waals surface area contributed by atoms with E-state index in [0.29, 0.717) is 26.2 Å². The molecule has 0 spiro atoms. The highest BCUT2D eigenvalue weighted by Gasteiger charge is 2.40. The van der Waals surface area contributed by atoms with Gasteiger partial charge in [0.2, 0.25) is 5.95 Å². The number of anilines is 5. The first-order chi connectivity index (χ1) is 15.6. The number of hydrogen-bond acceptors (Lipinski definition) is 8. The van der Waals surface area contributed by atoms with Gasteiger partial charge in [0.15, 0.2) is 11.5 Å². The molecular weight excluding hydrogens is 459 g/mol. The Morgan fingerprint density at radius 1 is 1.18 bits per heavy atom. The second-order valence-electron chi connectivity index (χ2n) is 7.14. The van der Waals surface area contributed by atoms with Crippen molar-refractivity contribution in [3.05, 3.63) is 46.7 Å². The summed E-state index contributed by atoms with van der Waals surface area (Å²) < 4.78 is 39.9. The number of benzene rings is 1. The van der Waals surface area contributed by atoms with E-state index in [4.69, 9.17) is 0 Å². The van der Waals surface area contributed by atoms with Gasteiger partial charge in [-0.1, -0.05) is 0 Å². The van der Waals surface area contributed by atoms with Crippen molar-refractivity contribution >= 4 is 51.3 Å². The molecule has 1 aliphatic rings. The van der Waals surface area contributed by atoms with E-state index >= 15 is 0 Å². The highest BCUT2D eigenvalue weighted by atomic mass is 32.1. The minimum Gasteiger partial charge on any atom is -0.355 e. The number of thiazole rings is 1. The molecule has 0 radical (unpaired) electrons. The normalized spacial score (nSPS) is 13.3. The summed E-state index contributed by atoms with van der Waals surface area (Å²) >= 11 is 1.18. The van der Waals surface area contributed by atoms with E-state index in [-0.39, 0.29) is 29.1 Å². The van der Waals surface area contributed by atoms with Crippen LogP contribution < -0.4 is 20.4 Å². The number of halogens is 3. The Bertz CT molecular complexity index is 1230. The zero-order valence-corrected chi connectivity index (χ0v) is 18.5. The molecule has 4 rings (SSSR count). The summed E-state index contributed by atoms with van der Waals surface area (Å²) in [5, 5.41) is 6.42. The number of aromatic nitrogens is 3. The van der Waals surface area contributed by atoms with Crippen LogP contribution in [0.1, 0.15) is 25.9 Å². The number of aryl methyl sites for hydroxylation is 1. The molecule has 0 unspecified atom stereocenters. The number of fused-ring (bicyclic) bond motifs is 2. The largest absolute Gasteiger partial charge is 0.406 e. The number of alkyl halides is 3. The molecule has 0 bridgehead atoms. The third kappa shape index (κ3) is 4.44. The maximum Gasteiger partial charge on any atom is 0.406 e. The molecule has 2 N–H and O–H groups in total. The Hall–Kier alpha value is -3.74. The maximum absolute atomic E-state index is 13.3. The molecule has 3 aromatic rings. The number of nitrogens with one attached hydrogen (secondary N) is 2. The number of nitrogens with zero attached hydrogens (tertiary/aromatic N) is 5. The zero-order chi connectivity index (χ0) is 23.9. The zero-order valence-electron chi connectivity index (χ0n) is 17.7. The van der Waals surface area contributed by atoms with Crippen molar-refractivity contribution in [2.45, 2.75) is 13.1 Å². The van der Waals surface area contributed by atoms with Gasteiger partial charge in [-0.15, -0.1) is 11.3 Å². The van der Waals surface area contributed by atoms with Gasteiger partial charge in [0.1, 0.15) is 17.2 Å². The van der Waals surface area contributed by atoms with E-state index in [1.807, 2.05) is 0 Å². The van der Waals surface area contributed by atoms with Crippen LogP contribution in [0.5, 0.6) is 0 Å². The van der Waals surface area contributed by atoms with Crippen LogP contribution in [0.3, 0.4) is 0 Å². The van der Waals surface area contributed by atoms with Crippen LogP contribution in [0, 0.1) is 6.92 Å². The molecule has 2 aromatic heterocycles. The van der Waals surface area contributed by atoms with Crippen LogP contribution >= 0.6 is 11.3 Å². The molecule has 0 atom stereocenters. The highest BCUT2D eigenvalue weighted by molar-refractivity contribution is 7.16. The Morgan fingerprint density at radius 3 is 2.52 bits per heavy atom. The molecule has 3 heterocycles. The number of carbonyl (C=O) groups excluding carboxylic acids is 2. The fourth-order valence-corrected chi connectivity index (χ4v) is 4.16. The van der Waals surface area contributed by atoms with E-state index in [0.717, 1.165) is 0 Å². The van der Waals surface area contributed by atoms with Gasteiger partial charge in [-0.2, -0.15) is 18.2 Å². The summed E-state index contributed by atoms with van der Waals surface area (Å²) in [5.41, 5.74) is 0.876. The molecule has 1 aromatic carbocycles. The fourth-order valence-electron chi connectivity index (χ4n) is 3.29. The van der Waals surface area contributed by atoms with E-state index < -0.39 is 18.6 Å². The lowest BCUT2D eigenvalue weighted by Gasteiger charge is -2.24. The van der Waals surface area contributed by atoms with Gasteiger partial charge in [0.05, 0.1) is 11.2 Å². The number of rotatable bonds is 4. The van der Waals surface area contributed by atoms with E-state index in [1.54, 1.807) is 38.2 Å². The Morgan fingerprint density at radius 2 is 1.88 bits per heavy atom. The van der Waals surface area contributed by atoms with Gasteiger partial charge in [0.25, 0.3) is 11.8 Å². The monoisotopic (exact) mass is 477 g/mol. The Labute approximate surface area is 190 Å². The third-order valence-electron chi connectivity index (χ3n) is 4.79. The summed E-state index contributed by atoms with van der Waals surface area (Å²) in [7, 11) is 3.13. The predicted octanol–water partition coefficient (Wildman–Crippen LogP) is 3.64. The molecule has 1 aliphatic heterocycles. The molecule has 13 heteroatoms. The first-order valence-electron chi connectivity index (χ1n) is 9.63.